The van der Waals surface area contributed by atoms with Crippen LogP contribution in [0.2, 0.25) is 5.15 Å². The fraction of sp³-hybridized carbons (Fsp3) is 0.385. The van der Waals surface area contributed by atoms with Crippen molar-refractivity contribution in [3.63, 3.8) is 0 Å². The van der Waals surface area contributed by atoms with Gasteiger partial charge in [-0.25, -0.2) is 18.4 Å². The van der Waals surface area contributed by atoms with Crippen molar-refractivity contribution in [2.45, 2.75) is 23.9 Å². The van der Waals surface area contributed by atoms with Crippen LogP contribution in [0.1, 0.15) is 12.8 Å². The molecule has 1 N–H and O–H groups in total. The number of sulfone groups is 1. The predicted molar refractivity (Wildman–Crippen MR) is 77.6 cm³/mol. The van der Waals surface area contributed by atoms with Gasteiger partial charge in [0, 0.05) is 6.04 Å². The van der Waals surface area contributed by atoms with E-state index >= 15 is 0 Å². The fourth-order valence-corrected chi connectivity index (χ4v) is 4.40. The Bertz CT molecular complexity index is 742. The van der Waals surface area contributed by atoms with Gasteiger partial charge < -0.3 is 5.32 Å². The highest BCUT2D eigenvalue weighted by atomic mass is 35.5. The Kier molecular flexibility index (Phi) is 3.62. The highest BCUT2D eigenvalue weighted by Gasteiger charge is 2.27. The highest BCUT2D eigenvalue weighted by molar-refractivity contribution is 7.91. The first-order chi connectivity index (χ1) is 9.56. The van der Waals surface area contributed by atoms with Crippen LogP contribution in [-0.4, -0.2) is 36.7 Å². The summed E-state index contributed by atoms with van der Waals surface area (Å²) >= 11 is 6.00. The van der Waals surface area contributed by atoms with E-state index in [4.69, 9.17) is 11.6 Å². The number of halogens is 1. The van der Waals surface area contributed by atoms with Crippen molar-refractivity contribution < 1.29 is 8.42 Å². The van der Waals surface area contributed by atoms with E-state index in [1.54, 1.807) is 18.2 Å². The van der Waals surface area contributed by atoms with E-state index in [-0.39, 0.29) is 22.0 Å². The smallest absolute Gasteiger partial charge is 0.200 e. The molecule has 0 aliphatic carbocycles. The monoisotopic (exact) mass is 311 g/mol. The van der Waals surface area contributed by atoms with Crippen LogP contribution in [0.25, 0.3) is 11.0 Å². The van der Waals surface area contributed by atoms with E-state index in [0.717, 1.165) is 19.4 Å². The number of rotatable bonds is 3. The molecular formula is C13H14ClN3O2S. The second-order valence-electron chi connectivity index (χ2n) is 4.88. The first-order valence-corrected chi connectivity index (χ1v) is 8.48. The molecule has 1 aliphatic heterocycles. The van der Waals surface area contributed by atoms with E-state index in [2.05, 4.69) is 15.3 Å². The molecule has 0 amide bonds. The van der Waals surface area contributed by atoms with Gasteiger partial charge in [-0.05, 0) is 31.5 Å². The Labute approximate surface area is 122 Å². The molecule has 1 fully saturated rings. The molecule has 5 nitrogen and oxygen atoms in total. The molecule has 0 spiro atoms. The Morgan fingerprint density at radius 1 is 1.25 bits per heavy atom. The summed E-state index contributed by atoms with van der Waals surface area (Å²) in [4.78, 5) is 8.30. The molecule has 7 heteroatoms. The van der Waals surface area contributed by atoms with E-state index in [1.165, 1.54) is 0 Å². The van der Waals surface area contributed by atoms with Crippen LogP contribution in [0.3, 0.4) is 0 Å². The molecule has 1 aliphatic rings. The Morgan fingerprint density at radius 2 is 1.95 bits per heavy atom. The summed E-state index contributed by atoms with van der Waals surface area (Å²) in [6.07, 6.45) is 1.86. The summed E-state index contributed by atoms with van der Waals surface area (Å²) in [6, 6.07) is 7.06. The lowest BCUT2D eigenvalue weighted by Crippen LogP contribution is -2.30. The van der Waals surface area contributed by atoms with Crippen LogP contribution in [-0.2, 0) is 9.84 Å². The lowest BCUT2D eigenvalue weighted by Gasteiger charge is -2.11. The third-order valence-corrected chi connectivity index (χ3v) is 5.47. The maximum atomic E-state index is 12.4. The summed E-state index contributed by atoms with van der Waals surface area (Å²) < 4.78 is 24.9. The fourth-order valence-electron chi connectivity index (χ4n) is 2.40. The molecular weight excluding hydrogens is 298 g/mol. The molecule has 1 atom stereocenters. The standard InChI is InChI=1S/C13H14ClN3O2S/c14-12-13(17-11-6-2-1-5-10(11)16-12)20(18,19)8-9-4-3-7-15-9/h1-2,5-6,9,15H,3-4,7-8H2/t9-/m1/s1. The Balaban J connectivity index is 2.01. The van der Waals surface area contributed by atoms with Gasteiger partial charge >= 0.3 is 0 Å². The van der Waals surface area contributed by atoms with E-state index in [0.29, 0.717) is 11.0 Å². The predicted octanol–water partition coefficient (Wildman–Crippen LogP) is 1.81. The largest absolute Gasteiger partial charge is 0.313 e. The number of aromatic nitrogens is 2. The average molecular weight is 312 g/mol. The number of nitrogens with one attached hydrogen (secondary N) is 1. The van der Waals surface area contributed by atoms with Gasteiger partial charge in [0.05, 0.1) is 16.8 Å². The van der Waals surface area contributed by atoms with Crippen LogP contribution in [0.5, 0.6) is 0 Å². The molecule has 3 rings (SSSR count). The number of nitrogens with zero attached hydrogens (tertiary/aromatic N) is 2. The third-order valence-electron chi connectivity index (χ3n) is 3.38. The van der Waals surface area contributed by atoms with E-state index in [1.807, 2.05) is 6.07 Å². The molecule has 0 bridgehead atoms. The van der Waals surface area contributed by atoms with Gasteiger partial charge in [-0.15, -0.1) is 0 Å². The molecule has 0 saturated carbocycles. The van der Waals surface area contributed by atoms with Crippen molar-refractivity contribution in [3.05, 3.63) is 29.4 Å². The van der Waals surface area contributed by atoms with Gasteiger partial charge in [0.15, 0.2) is 20.0 Å². The molecule has 20 heavy (non-hydrogen) atoms. The normalized spacial score (nSPS) is 19.6. The van der Waals surface area contributed by atoms with E-state index < -0.39 is 9.84 Å². The van der Waals surface area contributed by atoms with Gasteiger partial charge in [0.1, 0.15) is 0 Å². The van der Waals surface area contributed by atoms with Gasteiger partial charge in [0.2, 0.25) is 0 Å². The number of benzene rings is 1. The van der Waals surface area contributed by atoms with Crippen LogP contribution in [0.15, 0.2) is 29.3 Å². The lowest BCUT2D eigenvalue weighted by atomic mass is 10.3. The van der Waals surface area contributed by atoms with Crippen LogP contribution in [0.4, 0.5) is 0 Å². The van der Waals surface area contributed by atoms with Crippen LogP contribution in [0, 0.1) is 0 Å². The summed E-state index contributed by atoms with van der Waals surface area (Å²) in [6.45, 7) is 0.858. The summed E-state index contributed by atoms with van der Waals surface area (Å²) in [5.41, 5.74) is 1.13. The maximum absolute atomic E-state index is 12.4. The topological polar surface area (TPSA) is 72.0 Å². The summed E-state index contributed by atoms with van der Waals surface area (Å²) in [5, 5.41) is 3.00. The van der Waals surface area contributed by atoms with Crippen molar-refractivity contribution >= 4 is 32.5 Å². The zero-order valence-electron chi connectivity index (χ0n) is 10.7. The molecule has 2 heterocycles. The van der Waals surface area contributed by atoms with Crippen molar-refractivity contribution in [1.82, 2.24) is 15.3 Å². The Hall–Kier alpha value is -1.24. The van der Waals surface area contributed by atoms with Crippen molar-refractivity contribution in [2.24, 2.45) is 0 Å². The van der Waals surface area contributed by atoms with Crippen molar-refractivity contribution in [1.29, 1.82) is 0 Å². The summed E-state index contributed by atoms with van der Waals surface area (Å²) in [5.74, 6) is 0.0136. The Morgan fingerprint density at radius 3 is 2.60 bits per heavy atom. The van der Waals surface area contributed by atoms with Gasteiger partial charge in [-0.1, -0.05) is 23.7 Å². The average Bonchev–Trinajstić information content (AvgIpc) is 2.90. The highest BCUT2D eigenvalue weighted by Crippen LogP contribution is 2.23. The molecule has 2 aromatic rings. The lowest BCUT2D eigenvalue weighted by molar-refractivity contribution is 0.573. The van der Waals surface area contributed by atoms with Gasteiger partial charge in [-0.3, -0.25) is 0 Å². The van der Waals surface area contributed by atoms with Crippen LogP contribution >= 0.6 is 11.6 Å². The minimum atomic E-state index is -3.53. The maximum Gasteiger partial charge on any atom is 0.200 e. The zero-order chi connectivity index (χ0) is 14.2. The molecule has 1 saturated heterocycles. The first-order valence-electron chi connectivity index (χ1n) is 6.45. The molecule has 0 radical (unpaired) electrons. The first kappa shape index (κ1) is 13.7. The number of para-hydroxylation sites is 2. The third kappa shape index (κ3) is 2.63. The minimum absolute atomic E-state index is 0.0136. The second-order valence-corrected chi connectivity index (χ2v) is 7.19. The molecule has 0 unspecified atom stereocenters. The van der Waals surface area contributed by atoms with Crippen molar-refractivity contribution in [3.8, 4) is 0 Å². The van der Waals surface area contributed by atoms with Crippen LogP contribution < -0.4 is 5.32 Å². The number of fused-ring (bicyclic) bond motifs is 1. The number of hydrogen-bond donors (Lipinski definition) is 1. The molecule has 106 valence electrons. The number of hydrogen-bond acceptors (Lipinski definition) is 5. The SMILES string of the molecule is O=S(=O)(C[C@H]1CCCN1)c1nc2ccccc2nc1Cl. The summed E-state index contributed by atoms with van der Waals surface area (Å²) in [7, 11) is -3.53. The molecule has 1 aromatic heterocycles. The van der Waals surface area contributed by atoms with Gasteiger partial charge in [-0.2, -0.15) is 0 Å². The van der Waals surface area contributed by atoms with Gasteiger partial charge in [0.25, 0.3) is 0 Å². The quantitative estimate of drug-likeness (QED) is 0.936. The second kappa shape index (κ2) is 5.27. The minimum Gasteiger partial charge on any atom is -0.313 e. The zero-order valence-corrected chi connectivity index (χ0v) is 12.3. The molecule has 1 aromatic carbocycles. The van der Waals surface area contributed by atoms with Crippen molar-refractivity contribution in [2.75, 3.05) is 12.3 Å². The van der Waals surface area contributed by atoms with E-state index in [9.17, 15) is 8.42 Å².